The predicted octanol–water partition coefficient (Wildman–Crippen LogP) is 4.07. The Hall–Kier alpha value is -2.76. The summed E-state index contributed by atoms with van der Waals surface area (Å²) >= 11 is 0. The maximum absolute atomic E-state index is 13.0. The van der Waals surface area contributed by atoms with Crippen LogP contribution in [-0.2, 0) is 4.74 Å². The van der Waals surface area contributed by atoms with Crippen molar-refractivity contribution in [3.05, 3.63) is 59.7 Å². The summed E-state index contributed by atoms with van der Waals surface area (Å²) in [4.78, 5) is 16.6. The fourth-order valence-electron chi connectivity index (χ4n) is 2.46. The molecule has 24 heavy (non-hydrogen) atoms. The van der Waals surface area contributed by atoms with E-state index >= 15 is 0 Å². The summed E-state index contributed by atoms with van der Waals surface area (Å²) in [5.41, 5.74) is 1.82. The third-order valence-corrected chi connectivity index (χ3v) is 3.78. The third kappa shape index (κ3) is 3.13. The second-order valence-electron chi connectivity index (χ2n) is 5.92. The molecular weight excluding hydrogens is 309 g/mol. The van der Waals surface area contributed by atoms with Crippen molar-refractivity contribution in [2.75, 3.05) is 0 Å². The first kappa shape index (κ1) is 16.1. The van der Waals surface area contributed by atoms with Crippen molar-refractivity contribution >= 4 is 17.0 Å². The molecule has 0 N–H and O–H groups in total. The normalized spacial score (nSPS) is 12.5. The summed E-state index contributed by atoms with van der Waals surface area (Å²) in [5.74, 6) is -0.799. The number of esters is 1. The molecule has 1 unspecified atom stereocenters. The van der Waals surface area contributed by atoms with Gasteiger partial charge in [-0.05, 0) is 44.5 Å². The van der Waals surface area contributed by atoms with E-state index < -0.39 is 12.1 Å². The van der Waals surface area contributed by atoms with Crippen molar-refractivity contribution in [2.45, 2.75) is 32.9 Å². The van der Waals surface area contributed by atoms with E-state index in [9.17, 15) is 9.18 Å². The molecule has 1 aromatic carbocycles. The van der Waals surface area contributed by atoms with E-state index in [1.54, 1.807) is 36.0 Å². The SMILES string of the molecule is CC(OC(=O)c1cnc2c(cnn2C(C)C)c1)c1ccc(F)cc1. The van der Waals surface area contributed by atoms with Crippen LogP contribution < -0.4 is 0 Å². The number of carbonyl (C=O) groups excluding carboxylic acids is 1. The number of carbonyl (C=O) groups is 1. The lowest BCUT2D eigenvalue weighted by Gasteiger charge is -2.13. The van der Waals surface area contributed by atoms with E-state index in [2.05, 4.69) is 10.1 Å². The number of hydrogen-bond donors (Lipinski definition) is 0. The van der Waals surface area contributed by atoms with E-state index in [1.807, 2.05) is 13.8 Å². The first-order valence-corrected chi connectivity index (χ1v) is 7.75. The monoisotopic (exact) mass is 327 g/mol. The largest absolute Gasteiger partial charge is 0.454 e. The molecule has 2 heterocycles. The first-order chi connectivity index (χ1) is 11.5. The molecule has 0 saturated heterocycles. The molecule has 0 aliphatic rings. The summed E-state index contributed by atoms with van der Waals surface area (Å²) in [6.45, 7) is 5.77. The van der Waals surface area contributed by atoms with E-state index in [1.165, 1.54) is 18.3 Å². The van der Waals surface area contributed by atoms with Gasteiger partial charge in [-0.3, -0.25) is 0 Å². The molecule has 0 amide bonds. The lowest BCUT2D eigenvalue weighted by Crippen LogP contribution is -2.10. The number of benzene rings is 1. The molecule has 0 spiro atoms. The van der Waals surface area contributed by atoms with Gasteiger partial charge in [0.2, 0.25) is 0 Å². The number of pyridine rings is 1. The standard InChI is InChI=1S/C18H18FN3O2/c1-11(2)22-17-14(10-21-22)8-15(9-20-17)18(23)24-12(3)13-4-6-16(19)7-5-13/h4-12H,1-3H3. The molecule has 0 bridgehead atoms. The molecular formula is C18H18FN3O2. The molecule has 0 aliphatic heterocycles. The predicted molar refractivity (Wildman–Crippen MR) is 88.1 cm³/mol. The average molecular weight is 327 g/mol. The fourth-order valence-corrected chi connectivity index (χ4v) is 2.46. The third-order valence-electron chi connectivity index (χ3n) is 3.78. The van der Waals surface area contributed by atoms with Crippen LogP contribution in [0.4, 0.5) is 4.39 Å². The zero-order chi connectivity index (χ0) is 17.3. The van der Waals surface area contributed by atoms with E-state index in [4.69, 9.17) is 4.74 Å². The van der Waals surface area contributed by atoms with Gasteiger partial charge in [0, 0.05) is 17.6 Å². The fraction of sp³-hybridized carbons (Fsp3) is 0.278. The van der Waals surface area contributed by atoms with Crippen LogP contribution in [0.5, 0.6) is 0 Å². The van der Waals surface area contributed by atoms with E-state index in [-0.39, 0.29) is 11.9 Å². The molecule has 1 atom stereocenters. The van der Waals surface area contributed by atoms with Crippen LogP contribution in [0.25, 0.3) is 11.0 Å². The number of ether oxygens (including phenoxy) is 1. The molecule has 3 rings (SSSR count). The van der Waals surface area contributed by atoms with Gasteiger partial charge in [0.15, 0.2) is 5.65 Å². The zero-order valence-corrected chi connectivity index (χ0v) is 13.7. The lowest BCUT2D eigenvalue weighted by molar-refractivity contribution is 0.0337. The minimum atomic E-state index is -0.479. The van der Waals surface area contributed by atoms with Gasteiger partial charge >= 0.3 is 5.97 Å². The molecule has 5 nitrogen and oxygen atoms in total. The molecule has 0 aliphatic carbocycles. The summed E-state index contributed by atoms with van der Waals surface area (Å²) in [6.07, 6.45) is 2.69. The van der Waals surface area contributed by atoms with Crippen LogP contribution in [0, 0.1) is 5.82 Å². The molecule has 2 aromatic heterocycles. The minimum absolute atomic E-state index is 0.186. The van der Waals surface area contributed by atoms with Crippen molar-refractivity contribution < 1.29 is 13.9 Å². The molecule has 0 radical (unpaired) electrons. The van der Waals surface area contributed by atoms with Gasteiger partial charge in [-0.1, -0.05) is 12.1 Å². The highest BCUT2D eigenvalue weighted by Crippen LogP contribution is 2.21. The van der Waals surface area contributed by atoms with Gasteiger partial charge < -0.3 is 4.74 Å². The van der Waals surface area contributed by atoms with Crippen LogP contribution in [0.15, 0.2) is 42.7 Å². The Morgan fingerprint density at radius 3 is 2.54 bits per heavy atom. The minimum Gasteiger partial charge on any atom is -0.454 e. The smallest absolute Gasteiger partial charge is 0.340 e. The molecule has 0 saturated carbocycles. The van der Waals surface area contributed by atoms with Gasteiger partial charge in [0.05, 0.1) is 11.8 Å². The maximum Gasteiger partial charge on any atom is 0.340 e. The molecule has 6 heteroatoms. The van der Waals surface area contributed by atoms with Crippen LogP contribution in [-0.4, -0.2) is 20.7 Å². The summed E-state index contributed by atoms with van der Waals surface area (Å²) in [7, 11) is 0. The number of hydrogen-bond acceptors (Lipinski definition) is 4. The number of rotatable bonds is 4. The van der Waals surface area contributed by atoms with Crippen molar-refractivity contribution in [3.8, 4) is 0 Å². The van der Waals surface area contributed by atoms with Gasteiger partial charge in [0.1, 0.15) is 11.9 Å². The van der Waals surface area contributed by atoms with Gasteiger partial charge in [-0.2, -0.15) is 5.10 Å². The van der Waals surface area contributed by atoms with E-state index in [0.29, 0.717) is 5.56 Å². The highest BCUT2D eigenvalue weighted by atomic mass is 19.1. The highest BCUT2D eigenvalue weighted by molar-refractivity contribution is 5.93. The molecule has 124 valence electrons. The Labute approximate surface area is 139 Å². The van der Waals surface area contributed by atoms with Gasteiger partial charge in [-0.25, -0.2) is 18.9 Å². The van der Waals surface area contributed by atoms with Gasteiger partial charge in [-0.15, -0.1) is 0 Å². The van der Waals surface area contributed by atoms with Crippen LogP contribution in [0.1, 0.15) is 48.8 Å². The van der Waals surface area contributed by atoms with Gasteiger partial charge in [0.25, 0.3) is 0 Å². The Morgan fingerprint density at radius 1 is 1.17 bits per heavy atom. The Morgan fingerprint density at radius 2 is 1.88 bits per heavy atom. The second kappa shape index (κ2) is 6.39. The Bertz CT molecular complexity index is 872. The Kier molecular flexibility index (Phi) is 4.29. The van der Waals surface area contributed by atoms with Crippen LogP contribution >= 0.6 is 0 Å². The second-order valence-corrected chi connectivity index (χ2v) is 5.92. The highest BCUT2D eigenvalue weighted by Gasteiger charge is 2.16. The van der Waals surface area contributed by atoms with E-state index in [0.717, 1.165) is 16.6 Å². The topological polar surface area (TPSA) is 57.0 Å². The van der Waals surface area contributed by atoms with Crippen molar-refractivity contribution in [1.82, 2.24) is 14.8 Å². The summed E-state index contributed by atoms with van der Waals surface area (Å²) < 4.78 is 20.2. The number of fused-ring (bicyclic) bond motifs is 1. The van der Waals surface area contributed by atoms with Crippen molar-refractivity contribution in [1.29, 1.82) is 0 Å². The lowest BCUT2D eigenvalue weighted by atomic mass is 10.1. The summed E-state index contributed by atoms with van der Waals surface area (Å²) in [5, 5.41) is 5.06. The maximum atomic E-state index is 13.0. The van der Waals surface area contributed by atoms with Crippen LogP contribution in [0.3, 0.4) is 0 Å². The molecule has 0 fully saturated rings. The number of halogens is 1. The zero-order valence-electron chi connectivity index (χ0n) is 13.7. The summed E-state index contributed by atoms with van der Waals surface area (Å²) in [6, 6.07) is 7.78. The molecule has 3 aromatic rings. The van der Waals surface area contributed by atoms with Crippen LogP contribution in [0.2, 0.25) is 0 Å². The number of nitrogens with zero attached hydrogens (tertiary/aromatic N) is 3. The van der Waals surface area contributed by atoms with Crippen molar-refractivity contribution in [3.63, 3.8) is 0 Å². The average Bonchev–Trinajstić information content (AvgIpc) is 2.98. The quantitative estimate of drug-likeness (QED) is 0.678. The first-order valence-electron chi connectivity index (χ1n) is 7.75. The number of aromatic nitrogens is 3. The van der Waals surface area contributed by atoms with Crippen molar-refractivity contribution in [2.24, 2.45) is 0 Å². The Balaban J connectivity index is 1.79.